The predicted octanol–water partition coefficient (Wildman–Crippen LogP) is 3.22. The van der Waals surface area contributed by atoms with Crippen LogP contribution in [-0.2, 0) is 6.61 Å². The summed E-state index contributed by atoms with van der Waals surface area (Å²) in [6, 6.07) is 4.14. The van der Waals surface area contributed by atoms with Crippen LogP contribution in [0.5, 0.6) is 5.75 Å². The van der Waals surface area contributed by atoms with Gasteiger partial charge in [0, 0.05) is 11.8 Å². The van der Waals surface area contributed by atoms with Gasteiger partial charge in [0.1, 0.15) is 18.2 Å². The molecule has 0 aliphatic heterocycles. The molecule has 0 unspecified atom stereocenters. The molecular weight excluding hydrogens is 253 g/mol. The van der Waals surface area contributed by atoms with Gasteiger partial charge in [-0.3, -0.25) is 0 Å². The summed E-state index contributed by atoms with van der Waals surface area (Å²) in [5, 5.41) is 10.5. The molecule has 5 heteroatoms. The number of thiazole rings is 1. The molecule has 0 bridgehead atoms. The average Bonchev–Trinajstić information content (AvgIpc) is 2.73. The molecular formula is C13H14FNO2S. The molecule has 3 nitrogen and oxygen atoms in total. The molecule has 0 radical (unpaired) electrons. The first kappa shape index (κ1) is 13.0. The smallest absolute Gasteiger partial charge is 0.125 e. The van der Waals surface area contributed by atoms with Crippen molar-refractivity contribution in [3.8, 4) is 5.75 Å². The summed E-state index contributed by atoms with van der Waals surface area (Å²) in [6.45, 7) is 3.88. The largest absolute Gasteiger partial charge is 0.488 e. The SMILES string of the molecule is Cc1ncc(COc2ccc(F)cc2[C@@H](C)O)s1. The number of halogens is 1. The number of hydrogen-bond donors (Lipinski definition) is 1. The second-order valence-corrected chi connectivity index (χ2v) is 5.31. The van der Waals surface area contributed by atoms with Gasteiger partial charge in [-0.15, -0.1) is 11.3 Å². The molecule has 0 amide bonds. The van der Waals surface area contributed by atoms with Gasteiger partial charge in [-0.1, -0.05) is 0 Å². The van der Waals surface area contributed by atoms with Crippen LogP contribution in [0.25, 0.3) is 0 Å². The number of aliphatic hydroxyl groups excluding tert-OH is 1. The third-order valence-electron chi connectivity index (χ3n) is 2.46. The van der Waals surface area contributed by atoms with E-state index in [1.54, 1.807) is 24.5 Å². The van der Waals surface area contributed by atoms with E-state index in [4.69, 9.17) is 4.74 Å². The van der Waals surface area contributed by atoms with E-state index in [0.717, 1.165) is 9.88 Å². The summed E-state index contributed by atoms with van der Waals surface area (Å²) in [4.78, 5) is 5.12. The predicted molar refractivity (Wildman–Crippen MR) is 68.2 cm³/mol. The summed E-state index contributed by atoms with van der Waals surface area (Å²) < 4.78 is 18.7. The highest BCUT2D eigenvalue weighted by molar-refractivity contribution is 7.11. The maximum atomic E-state index is 13.1. The summed E-state index contributed by atoms with van der Waals surface area (Å²) in [7, 11) is 0. The van der Waals surface area contributed by atoms with Crippen LogP contribution < -0.4 is 4.74 Å². The van der Waals surface area contributed by atoms with E-state index < -0.39 is 6.10 Å². The fourth-order valence-corrected chi connectivity index (χ4v) is 2.31. The maximum Gasteiger partial charge on any atom is 0.125 e. The first-order chi connectivity index (χ1) is 8.56. The van der Waals surface area contributed by atoms with Crippen LogP contribution in [0.4, 0.5) is 4.39 Å². The average molecular weight is 267 g/mol. The Morgan fingerprint density at radius 3 is 2.89 bits per heavy atom. The van der Waals surface area contributed by atoms with Gasteiger partial charge in [-0.2, -0.15) is 0 Å². The molecule has 0 aliphatic carbocycles. The fraction of sp³-hybridized carbons (Fsp3) is 0.308. The number of benzene rings is 1. The molecule has 0 aliphatic rings. The van der Waals surface area contributed by atoms with Gasteiger partial charge >= 0.3 is 0 Å². The first-order valence-electron chi connectivity index (χ1n) is 5.58. The molecule has 1 N–H and O–H groups in total. The van der Waals surface area contributed by atoms with Crippen LogP contribution in [-0.4, -0.2) is 10.1 Å². The number of hydrogen-bond acceptors (Lipinski definition) is 4. The molecule has 0 saturated heterocycles. The van der Waals surface area contributed by atoms with E-state index >= 15 is 0 Å². The third kappa shape index (κ3) is 3.05. The standard InChI is InChI=1S/C13H14FNO2S/c1-8(16)12-5-10(14)3-4-13(12)17-7-11-6-15-9(2)18-11/h3-6,8,16H,7H2,1-2H3/t8-/m1/s1. The molecule has 0 spiro atoms. The monoisotopic (exact) mass is 267 g/mol. The number of aliphatic hydroxyl groups is 1. The van der Waals surface area contributed by atoms with Gasteiger partial charge in [-0.25, -0.2) is 9.37 Å². The van der Waals surface area contributed by atoms with Crippen molar-refractivity contribution < 1.29 is 14.2 Å². The number of rotatable bonds is 4. The molecule has 0 fully saturated rings. The molecule has 18 heavy (non-hydrogen) atoms. The van der Waals surface area contributed by atoms with Crippen LogP contribution in [0.3, 0.4) is 0 Å². The van der Waals surface area contributed by atoms with E-state index in [-0.39, 0.29) is 5.82 Å². The zero-order valence-corrected chi connectivity index (χ0v) is 11.0. The van der Waals surface area contributed by atoms with Gasteiger partial charge in [0.15, 0.2) is 0 Å². The second kappa shape index (κ2) is 5.46. The lowest BCUT2D eigenvalue weighted by atomic mass is 10.1. The van der Waals surface area contributed by atoms with Crippen molar-refractivity contribution in [2.24, 2.45) is 0 Å². The van der Waals surface area contributed by atoms with Crippen molar-refractivity contribution in [2.45, 2.75) is 26.6 Å². The van der Waals surface area contributed by atoms with E-state index in [1.165, 1.54) is 18.2 Å². The van der Waals surface area contributed by atoms with Crippen molar-refractivity contribution in [1.29, 1.82) is 0 Å². The van der Waals surface area contributed by atoms with Crippen LogP contribution in [0, 0.1) is 12.7 Å². The number of aryl methyl sites for hydroxylation is 1. The Hall–Kier alpha value is -1.46. The summed E-state index contributed by atoms with van der Waals surface area (Å²) in [5.41, 5.74) is 0.455. The Morgan fingerprint density at radius 2 is 2.28 bits per heavy atom. The lowest BCUT2D eigenvalue weighted by Gasteiger charge is -2.12. The number of ether oxygens (including phenoxy) is 1. The number of nitrogens with zero attached hydrogens (tertiary/aromatic N) is 1. The Balaban J connectivity index is 2.13. The Morgan fingerprint density at radius 1 is 1.50 bits per heavy atom. The third-order valence-corrected chi connectivity index (χ3v) is 3.35. The Labute approximate surface area is 109 Å². The Kier molecular flexibility index (Phi) is 3.93. The lowest BCUT2D eigenvalue weighted by Crippen LogP contribution is -2.00. The second-order valence-electron chi connectivity index (χ2n) is 3.99. The van der Waals surface area contributed by atoms with Crippen LogP contribution in [0.1, 0.15) is 28.5 Å². The van der Waals surface area contributed by atoms with Crippen molar-refractivity contribution in [3.63, 3.8) is 0 Å². The minimum absolute atomic E-state index is 0.372. The van der Waals surface area contributed by atoms with E-state index in [1.807, 2.05) is 6.92 Å². The first-order valence-corrected chi connectivity index (χ1v) is 6.39. The van der Waals surface area contributed by atoms with Crippen LogP contribution in [0.15, 0.2) is 24.4 Å². The summed E-state index contributed by atoms with van der Waals surface area (Å²) >= 11 is 1.55. The molecule has 0 saturated carbocycles. The summed E-state index contributed by atoms with van der Waals surface area (Å²) in [5.74, 6) is 0.115. The van der Waals surface area contributed by atoms with E-state index in [0.29, 0.717) is 17.9 Å². The van der Waals surface area contributed by atoms with E-state index in [2.05, 4.69) is 4.98 Å². The minimum atomic E-state index is -0.765. The molecule has 1 atom stereocenters. The van der Waals surface area contributed by atoms with Crippen molar-refractivity contribution in [2.75, 3.05) is 0 Å². The van der Waals surface area contributed by atoms with Gasteiger partial charge in [0.25, 0.3) is 0 Å². The quantitative estimate of drug-likeness (QED) is 0.924. The highest BCUT2D eigenvalue weighted by atomic mass is 32.1. The summed E-state index contributed by atoms with van der Waals surface area (Å²) in [6.07, 6.45) is 0.991. The highest BCUT2D eigenvalue weighted by Gasteiger charge is 2.11. The van der Waals surface area contributed by atoms with Crippen LogP contribution in [0.2, 0.25) is 0 Å². The van der Waals surface area contributed by atoms with Gasteiger partial charge in [-0.05, 0) is 32.0 Å². The topological polar surface area (TPSA) is 42.4 Å². The van der Waals surface area contributed by atoms with Crippen molar-refractivity contribution >= 4 is 11.3 Å². The number of aromatic nitrogens is 1. The maximum absolute atomic E-state index is 13.1. The van der Waals surface area contributed by atoms with Crippen molar-refractivity contribution in [1.82, 2.24) is 4.98 Å². The van der Waals surface area contributed by atoms with Crippen LogP contribution >= 0.6 is 11.3 Å². The Bertz CT molecular complexity index is 540. The van der Waals surface area contributed by atoms with Gasteiger partial charge < -0.3 is 9.84 Å². The molecule has 1 aromatic carbocycles. The fourth-order valence-electron chi connectivity index (χ4n) is 1.60. The lowest BCUT2D eigenvalue weighted by molar-refractivity contribution is 0.189. The van der Waals surface area contributed by atoms with E-state index in [9.17, 15) is 9.50 Å². The highest BCUT2D eigenvalue weighted by Crippen LogP contribution is 2.27. The minimum Gasteiger partial charge on any atom is -0.488 e. The normalized spacial score (nSPS) is 12.4. The van der Waals surface area contributed by atoms with Gasteiger partial charge in [0.2, 0.25) is 0 Å². The zero-order chi connectivity index (χ0) is 13.1. The zero-order valence-electron chi connectivity index (χ0n) is 10.2. The molecule has 1 aromatic heterocycles. The van der Waals surface area contributed by atoms with Crippen molar-refractivity contribution in [3.05, 3.63) is 45.7 Å². The van der Waals surface area contributed by atoms with Gasteiger partial charge in [0.05, 0.1) is 16.0 Å². The molecule has 1 heterocycles. The molecule has 96 valence electrons. The molecule has 2 aromatic rings. The molecule has 2 rings (SSSR count).